The van der Waals surface area contributed by atoms with Crippen LogP contribution < -0.4 is 10.1 Å². The number of carbonyl (C=O) groups is 1. The Hall–Kier alpha value is -2.05. The van der Waals surface area contributed by atoms with Crippen LogP contribution in [0.5, 0.6) is 5.75 Å². The van der Waals surface area contributed by atoms with Crippen molar-refractivity contribution in [2.75, 3.05) is 26.2 Å². The molecule has 0 radical (unpaired) electrons. The Bertz CT molecular complexity index is 773. The normalized spacial score (nSPS) is 16.7. The maximum absolute atomic E-state index is 12.9. The molecule has 0 bridgehead atoms. The quantitative estimate of drug-likeness (QED) is 0.849. The molecule has 1 aliphatic heterocycles. The second kappa shape index (κ2) is 9.24. The second-order valence-electron chi connectivity index (χ2n) is 6.81. The van der Waals surface area contributed by atoms with Crippen LogP contribution in [0.2, 0.25) is 0 Å². The molecule has 2 heterocycles. The van der Waals surface area contributed by atoms with E-state index in [1.807, 2.05) is 25.8 Å². The average molecular weight is 393 g/mol. The van der Waals surface area contributed by atoms with Crippen LogP contribution in [0.25, 0.3) is 0 Å². The third kappa shape index (κ3) is 4.62. The summed E-state index contributed by atoms with van der Waals surface area (Å²) in [6.07, 6.45) is 1.02. The maximum Gasteiger partial charge on any atom is 0.261 e. The molecule has 3 rings (SSSR count). The molecule has 1 saturated heterocycles. The highest BCUT2D eigenvalue weighted by molar-refractivity contribution is 5.85. The van der Waals surface area contributed by atoms with Crippen molar-refractivity contribution in [3.63, 3.8) is 0 Å². The Balaban J connectivity index is 0.00000261. The summed E-state index contributed by atoms with van der Waals surface area (Å²) >= 11 is 0. The van der Waals surface area contributed by atoms with Gasteiger partial charge in [-0.05, 0) is 31.4 Å². The Kier molecular flexibility index (Phi) is 7.27. The zero-order valence-corrected chi connectivity index (χ0v) is 17.3. The number of amides is 1. The molecule has 1 atom stereocenters. The smallest absolute Gasteiger partial charge is 0.261 e. The monoisotopic (exact) mass is 392 g/mol. The predicted octanol–water partition coefficient (Wildman–Crippen LogP) is 2.57. The van der Waals surface area contributed by atoms with Crippen molar-refractivity contribution in [1.29, 1.82) is 0 Å². The summed E-state index contributed by atoms with van der Waals surface area (Å²) in [4.78, 5) is 14.8. The number of nitrogens with zero attached hydrogens (tertiary/aromatic N) is 3. The second-order valence-corrected chi connectivity index (χ2v) is 6.81. The van der Waals surface area contributed by atoms with E-state index >= 15 is 0 Å². The van der Waals surface area contributed by atoms with Crippen molar-refractivity contribution in [2.45, 2.75) is 33.2 Å². The molecule has 1 amide bonds. The first kappa shape index (κ1) is 21.3. The summed E-state index contributed by atoms with van der Waals surface area (Å²) in [6.45, 7) is 8.29. The van der Waals surface area contributed by atoms with Crippen LogP contribution in [0, 0.1) is 13.8 Å². The molecule has 1 N–H and O–H groups in total. The summed E-state index contributed by atoms with van der Waals surface area (Å²) in [5, 5.41) is 7.73. The van der Waals surface area contributed by atoms with Gasteiger partial charge >= 0.3 is 0 Å². The van der Waals surface area contributed by atoms with Gasteiger partial charge in [0.25, 0.3) is 5.91 Å². The number of aryl methyl sites for hydroxylation is 3. The van der Waals surface area contributed by atoms with Crippen molar-refractivity contribution in [2.24, 2.45) is 7.05 Å². The van der Waals surface area contributed by atoms with Gasteiger partial charge in [-0.3, -0.25) is 9.48 Å². The number of rotatable bonds is 5. The average Bonchev–Trinajstić information content (AvgIpc) is 2.91. The lowest BCUT2D eigenvalue weighted by Crippen LogP contribution is -2.50. The molecule has 6 nitrogen and oxygen atoms in total. The van der Waals surface area contributed by atoms with Crippen LogP contribution in [0.3, 0.4) is 0 Å². The van der Waals surface area contributed by atoms with Crippen molar-refractivity contribution >= 4 is 18.3 Å². The predicted molar refractivity (Wildman–Crippen MR) is 109 cm³/mol. The fraction of sp³-hybridized carbons (Fsp3) is 0.500. The van der Waals surface area contributed by atoms with Crippen LogP contribution in [0.15, 0.2) is 24.3 Å². The first-order valence-corrected chi connectivity index (χ1v) is 9.23. The molecule has 0 saturated carbocycles. The van der Waals surface area contributed by atoms with Gasteiger partial charge in [-0.15, -0.1) is 12.4 Å². The minimum atomic E-state index is 0. The minimum absolute atomic E-state index is 0. The summed E-state index contributed by atoms with van der Waals surface area (Å²) in [5.74, 6) is 0.721. The van der Waals surface area contributed by atoms with Crippen LogP contribution in [0.1, 0.15) is 35.5 Å². The van der Waals surface area contributed by atoms with E-state index in [4.69, 9.17) is 4.74 Å². The number of ether oxygens (including phenoxy) is 1. The van der Waals surface area contributed by atoms with E-state index in [0.717, 1.165) is 36.5 Å². The van der Waals surface area contributed by atoms with Gasteiger partial charge in [0, 0.05) is 26.7 Å². The Morgan fingerprint density at radius 3 is 2.59 bits per heavy atom. The summed E-state index contributed by atoms with van der Waals surface area (Å²) in [5.41, 5.74) is 4.21. The molecule has 2 aromatic rings. The molecule has 1 aliphatic rings. The molecule has 1 aromatic carbocycles. The summed E-state index contributed by atoms with van der Waals surface area (Å²) in [7, 11) is 1.88. The lowest BCUT2D eigenvalue weighted by atomic mass is 10.0. The minimum Gasteiger partial charge on any atom is -0.480 e. The molecule has 27 heavy (non-hydrogen) atoms. The van der Waals surface area contributed by atoms with Gasteiger partial charge in [0.15, 0.2) is 12.4 Å². The van der Waals surface area contributed by atoms with Crippen molar-refractivity contribution in [3.05, 3.63) is 46.8 Å². The number of nitrogens with one attached hydrogen (secondary N) is 1. The highest BCUT2D eigenvalue weighted by Crippen LogP contribution is 2.25. The lowest BCUT2D eigenvalue weighted by molar-refractivity contribution is -0.136. The molecule has 7 heteroatoms. The highest BCUT2D eigenvalue weighted by Gasteiger charge is 2.28. The zero-order chi connectivity index (χ0) is 18.7. The zero-order valence-electron chi connectivity index (χ0n) is 16.5. The lowest BCUT2D eigenvalue weighted by Gasteiger charge is -2.36. The molecular formula is C20H29ClN4O2. The Morgan fingerprint density at radius 1 is 1.30 bits per heavy atom. The molecular weight excluding hydrogens is 364 g/mol. The Morgan fingerprint density at radius 2 is 2.00 bits per heavy atom. The van der Waals surface area contributed by atoms with E-state index in [1.54, 1.807) is 4.68 Å². The first-order valence-electron chi connectivity index (χ1n) is 9.23. The van der Waals surface area contributed by atoms with E-state index in [2.05, 4.69) is 41.6 Å². The van der Waals surface area contributed by atoms with Gasteiger partial charge in [-0.25, -0.2) is 0 Å². The van der Waals surface area contributed by atoms with Gasteiger partial charge in [0.05, 0.1) is 11.7 Å². The van der Waals surface area contributed by atoms with Gasteiger partial charge in [0.2, 0.25) is 0 Å². The number of carbonyl (C=O) groups excluding carboxylic acids is 1. The van der Waals surface area contributed by atoms with Crippen LogP contribution in [0.4, 0.5) is 0 Å². The molecule has 0 aliphatic carbocycles. The third-order valence-corrected chi connectivity index (χ3v) is 5.12. The van der Waals surface area contributed by atoms with Gasteiger partial charge in [-0.1, -0.05) is 31.2 Å². The van der Waals surface area contributed by atoms with E-state index in [1.165, 1.54) is 5.56 Å². The van der Waals surface area contributed by atoms with Gasteiger partial charge in [-0.2, -0.15) is 5.10 Å². The largest absolute Gasteiger partial charge is 0.480 e. The van der Waals surface area contributed by atoms with E-state index in [0.29, 0.717) is 12.3 Å². The molecule has 0 spiro atoms. The fourth-order valence-electron chi connectivity index (χ4n) is 3.46. The van der Waals surface area contributed by atoms with Crippen molar-refractivity contribution in [3.8, 4) is 5.75 Å². The fourth-order valence-corrected chi connectivity index (χ4v) is 3.46. The van der Waals surface area contributed by atoms with E-state index in [9.17, 15) is 4.79 Å². The molecule has 1 fully saturated rings. The number of benzene rings is 1. The third-order valence-electron chi connectivity index (χ3n) is 5.12. The maximum atomic E-state index is 12.9. The summed E-state index contributed by atoms with van der Waals surface area (Å²) < 4.78 is 7.61. The molecule has 148 valence electrons. The van der Waals surface area contributed by atoms with Crippen LogP contribution in [-0.2, 0) is 18.3 Å². The number of aromatic nitrogens is 2. The van der Waals surface area contributed by atoms with E-state index < -0.39 is 0 Å². The van der Waals surface area contributed by atoms with Crippen molar-refractivity contribution < 1.29 is 9.53 Å². The number of piperazine rings is 1. The number of hydrogen-bond acceptors (Lipinski definition) is 4. The highest BCUT2D eigenvalue weighted by atomic mass is 35.5. The molecule has 1 aromatic heterocycles. The van der Waals surface area contributed by atoms with Crippen molar-refractivity contribution in [1.82, 2.24) is 20.0 Å². The van der Waals surface area contributed by atoms with Crippen LogP contribution in [-0.4, -0.2) is 46.8 Å². The van der Waals surface area contributed by atoms with Crippen LogP contribution >= 0.6 is 12.4 Å². The number of halogens is 1. The van der Waals surface area contributed by atoms with Gasteiger partial charge in [0.1, 0.15) is 5.69 Å². The summed E-state index contributed by atoms with van der Waals surface area (Å²) in [6, 6.07) is 8.60. The topological polar surface area (TPSA) is 59.4 Å². The first-order chi connectivity index (χ1) is 12.5. The van der Waals surface area contributed by atoms with Gasteiger partial charge < -0.3 is 15.0 Å². The SMILES string of the molecule is CCc1ccc(C2CNCCN2C(=O)COc2c(C)nn(C)c2C)cc1.Cl. The van der Waals surface area contributed by atoms with E-state index in [-0.39, 0.29) is 31.0 Å². The molecule has 1 unspecified atom stereocenters. The standard InChI is InChI=1S/C20H28N4O2.ClH/c1-5-16-6-8-17(9-7-16)18-12-21-10-11-24(18)19(25)13-26-20-14(2)22-23(4)15(20)3;/h6-9,18,21H,5,10-13H2,1-4H3;1H. The Labute approximate surface area is 167 Å². The number of hydrogen-bond donors (Lipinski definition) is 1.